The van der Waals surface area contributed by atoms with E-state index in [1.54, 1.807) is 0 Å². The molecule has 0 N–H and O–H groups in total. The average molecular weight is 343 g/mol. The molecule has 26 heavy (non-hydrogen) atoms. The molecule has 0 amide bonds. The van der Waals surface area contributed by atoms with Gasteiger partial charge in [-0.2, -0.15) is 5.26 Å². The van der Waals surface area contributed by atoms with Gasteiger partial charge in [0.25, 0.3) is 0 Å². The summed E-state index contributed by atoms with van der Waals surface area (Å²) < 4.78 is 11.3. The third-order valence-corrected chi connectivity index (χ3v) is 4.06. The van der Waals surface area contributed by atoms with Crippen LogP contribution < -0.4 is 9.47 Å². The molecule has 0 aromatic heterocycles. The zero-order chi connectivity index (χ0) is 18.4. The van der Waals surface area contributed by atoms with E-state index in [0.717, 1.165) is 27.6 Å². The summed E-state index contributed by atoms with van der Waals surface area (Å²) in [5, 5.41) is 11.9. The second-order valence-electron chi connectivity index (χ2n) is 5.80. The topological polar surface area (TPSA) is 42.2 Å². The van der Waals surface area contributed by atoms with Crippen molar-refractivity contribution in [2.75, 3.05) is 13.2 Å². The van der Waals surface area contributed by atoms with E-state index in [9.17, 15) is 5.26 Å². The summed E-state index contributed by atoms with van der Waals surface area (Å²) in [5.41, 5.74) is 2.42. The Labute approximate surface area is 154 Å². The number of hydrogen-bond donors (Lipinski definition) is 0. The van der Waals surface area contributed by atoms with Crippen LogP contribution in [0, 0.1) is 11.3 Å². The molecule has 3 nitrogen and oxygen atoms in total. The Morgan fingerprint density at radius 3 is 2.35 bits per heavy atom. The molecule has 0 spiro atoms. The van der Waals surface area contributed by atoms with Crippen molar-refractivity contribution in [3.8, 4) is 17.6 Å². The number of fused-ring (bicyclic) bond motifs is 1. The van der Waals surface area contributed by atoms with Crippen molar-refractivity contribution in [2.24, 2.45) is 0 Å². The summed E-state index contributed by atoms with van der Waals surface area (Å²) in [4.78, 5) is 0. The lowest BCUT2D eigenvalue weighted by Gasteiger charge is -2.11. The maximum absolute atomic E-state index is 9.65. The third-order valence-electron chi connectivity index (χ3n) is 4.06. The highest BCUT2D eigenvalue weighted by atomic mass is 16.5. The molecule has 3 rings (SSSR count). The van der Waals surface area contributed by atoms with E-state index in [0.29, 0.717) is 24.5 Å². The lowest BCUT2D eigenvalue weighted by atomic mass is 10.00. The molecule has 0 heterocycles. The Kier molecular flexibility index (Phi) is 5.56. The molecule has 0 aliphatic heterocycles. The summed E-state index contributed by atoms with van der Waals surface area (Å²) >= 11 is 0. The second-order valence-corrected chi connectivity index (χ2v) is 5.80. The fourth-order valence-electron chi connectivity index (χ4n) is 2.86. The monoisotopic (exact) mass is 343 g/mol. The smallest absolute Gasteiger partial charge is 0.161 e. The Morgan fingerprint density at radius 2 is 1.62 bits per heavy atom. The molecule has 0 bridgehead atoms. The van der Waals surface area contributed by atoms with Crippen molar-refractivity contribution in [3.63, 3.8) is 0 Å². The van der Waals surface area contributed by atoms with Crippen molar-refractivity contribution < 1.29 is 9.47 Å². The van der Waals surface area contributed by atoms with Gasteiger partial charge in [-0.1, -0.05) is 42.5 Å². The number of nitriles is 1. The van der Waals surface area contributed by atoms with E-state index in [4.69, 9.17) is 9.47 Å². The van der Waals surface area contributed by atoms with E-state index >= 15 is 0 Å². The highest BCUT2D eigenvalue weighted by Gasteiger charge is 2.07. The highest BCUT2D eigenvalue weighted by molar-refractivity contribution is 5.94. The predicted octanol–water partition coefficient (Wildman–Crippen LogP) is 5.70. The molecular weight excluding hydrogens is 322 g/mol. The van der Waals surface area contributed by atoms with Gasteiger partial charge in [0.2, 0.25) is 0 Å². The number of rotatable bonds is 6. The summed E-state index contributed by atoms with van der Waals surface area (Å²) in [7, 11) is 0. The summed E-state index contributed by atoms with van der Waals surface area (Å²) in [5.74, 6) is 1.41. The van der Waals surface area contributed by atoms with E-state index in [2.05, 4.69) is 18.2 Å². The minimum Gasteiger partial charge on any atom is -0.490 e. The first kappa shape index (κ1) is 17.6. The lowest BCUT2D eigenvalue weighted by molar-refractivity contribution is 0.287. The molecule has 0 radical (unpaired) electrons. The lowest BCUT2D eigenvalue weighted by Crippen LogP contribution is -1.98. The van der Waals surface area contributed by atoms with Crippen LogP contribution in [0.1, 0.15) is 25.0 Å². The SMILES string of the molecule is CCOc1ccc(/C=C(/C#N)c2ccc3ccccc3c2)cc1OCC. The van der Waals surface area contributed by atoms with Crippen molar-refractivity contribution in [2.45, 2.75) is 13.8 Å². The van der Waals surface area contributed by atoms with Crippen molar-refractivity contribution in [1.82, 2.24) is 0 Å². The predicted molar refractivity (Wildman–Crippen MR) is 106 cm³/mol. The molecule has 130 valence electrons. The van der Waals surface area contributed by atoms with E-state index in [-0.39, 0.29) is 0 Å². The molecule has 3 aromatic carbocycles. The zero-order valence-electron chi connectivity index (χ0n) is 15.0. The number of allylic oxidation sites excluding steroid dienone is 1. The van der Waals surface area contributed by atoms with Gasteiger partial charge in [0.05, 0.1) is 24.9 Å². The van der Waals surface area contributed by atoms with Crippen LogP contribution in [0.15, 0.2) is 60.7 Å². The largest absolute Gasteiger partial charge is 0.490 e. The van der Waals surface area contributed by atoms with Crippen molar-refractivity contribution in [3.05, 3.63) is 71.8 Å². The summed E-state index contributed by atoms with van der Waals surface area (Å²) in [6.07, 6.45) is 1.88. The molecule has 0 unspecified atom stereocenters. The highest BCUT2D eigenvalue weighted by Crippen LogP contribution is 2.30. The van der Waals surface area contributed by atoms with Gasteiger partial charge in [-0.25, -0.2) is 0 Å². The van der Waals surface area contributed by atoms with Crippen LogP contribution in [0.2, 0.25) is 0 Å². The standard InChI is InChI=1S/C23H21NO2/c1-3-25-22-12-9-17(14-23(22)26-4-2)13-21(16-24)20-11-10-18-7-5-6-8-19(18)15-20/h5-15H,3-4H2,1-2H3/b21-13-. The average Bonchev–Trinajstić information content (AvgIpc) is 2.68. The maximum atomic E-state index is 9.65. The Morgan fingerprint density at radius 1 is 0.885 bits per heavy atom. The molecule has 3 heteroatoms. The quantitative estimate of drug-likeness (QED) is 0.426. The fraction of sp³-hybridized carbons (Fsp3) is 0.174. The van der Waals surface area contributed by atoms with E-state index in [1.807, 2.05) is 68.5 Å². The Hall–Kier alpha value is -3.25. The first-order valence-electron chi connectivity index (χ1n) is 8.75. The van der Waals surface area contributed by atoms with Gasteiger partial charge in [-0.15, -0.1) is 0 Å². The molecule has 0 atom stereocenters. The summed E-state index contributed by atoms with van der Waals surface area (Å²) in [6.45, 7) is 5.02. The molecule has 3 aromatic rings. The third kappa shape index (κ3) is 3.87. The van der Waals surface area contributed by atoms with Crippen molar-refractivity contribution in [1.29, 1.82) is 5.26 Å². The fourth-order valence-corrected chi connectivity index (χ4v) is 2.86. The van der Waals surface area contributed by atoms with Crippen LogP contribution in [-0.2, 0) is 0 Å². The van der Waals surface area contributed by atoms with Gasteiger partial charge >= 0.3 is 0 Å². The van der Waals surface area contributed by atoms with Crippen molar-refractivity contribution >= 4 is 22.4 Å². The Bertz CT molecular complexity index is 983. The van der Waals surface area contributed by atoms with E-state index in [1.165, 1.54) is 0 Å². The number of ether oxygens (including phenoxy) is 2. The number of nitrogens with zero attached hydrogens (tertiary/aromatic N) is 1. The first-order valence-corrected chi connectivity index (χ1v) is 8.75. The maximum Gasteiger partial charge on any atom is 0.161 e. The molecule has 0 saturated heterocycles. The minimum absolute atomic E-state index is 0.559. The molecule has 0 aliphatic carbocycles. The number of hydrogen-bond acceptors (Lipinski definition) is 3. The van der Waals surface area contributed by atoms with E-state index < -0.39 is 0 Å². The van der Waals surface area contributed by atoms with Gasteiger partial charge in [0, 0.05) is 0 Å². The van der Waals surface area contributed by atoms with Gasteiger partial charge in [-0.05, 0) is 60.0 Å². The van der Waals surface area contributed by atoms with Crippen LogP contribution in [0.5, 0.6) is 11.5 Å². The molecule has 0 fully saturated rings. The van der Waals surface area contributed by atoms with Crippen LogP contribution >= 0.6 is 0 Å². The second kappa shape index (κ2) is 8.22. The van der Waals surface area contributed by atoms with Gasteiger partial charge < -0.3 is 9.47 Å². The van der Waals surface area contributed by atoms with Gasteiger partial charge in [0.15, 0.2) is 11.5 Å². The van der Waals surface area contributed by atoms with Crippen LogP contribution in [0.3, 0.4) is 0 Å². The molecule has 0 aliphatic rings. The normalized spacial score (nSPS) is 11.2. The summed E-state index contributed by atoms with van der Waals surface area (Å²) in [6, 6.07) is 22.2. The van der Waals surface area contributed by atoms with Crippen LogP contribution in [-0.4, -0.2) is 13.2 Å². The zero-order valence-corrected chi connectivity index (χ0v) is 15.0. The first-order chi connectivity index (χ1) is 12.7. The van der Waals surface area contributed by atoms with Gasteiger partial charge in [-0.3, -0.25) is 0 Å². The number of benzene rings is 3. The Balaban J connectivity index is 2.00. The van der Waals surface area contributed by atoms with Gasteiger partial charge in [0.1, 0.15) is 0 Å². The molecular formula is C23H21NO2. The van der Waals surface area contributed by atoms with Crippen LogP contribution in [0.25, 0.3) is 22.4 Å². The minimum atomic E-state index is 0.559. The van der Waals surface area contributed by atoms with Crippen LogP contribution in [0.4, 0.5) is 0 Å². The molecule has 0 saturated carbocycles.